The maximum absolute atomic E-state index is 15.7. The van der Waals surface area contributed by atoms with E-state index < -0.39 is 21.5 Å². The molecule has 5 rings (SSSR count). The van der Waals surface area contributed by atoms with Gasteiger partial charge in [-0.25, -0.2) is 17.2 Å². The number of hydrogen-bond acceptors (Lipinski definition) is 5. The molecule has 6 nitrogen and oxygen atoms in total. The summed E-state index contributed by atoms with van der Waals surface area (Å²) >= 11 is 0. The average molecular weight is 497 g/mol. The number of aryl methyl sites for hydroxylation is 2. The van der Waals surface area contributed by atoms with Crippen LogP contribution >= 0.6 is 0 Å². The summed E-state index contributed by atoms with van der Waals surface area (Å²) in [5, 5.41) is 3.95. The zero-order valence-electron chi connectivity index (χ0n) is 19.8. The summed E-state index contributed by atoms with van der Waals surface area (Å²) < 4.78 is 57.0. The maximum Gasteiger partial charge on any atom is 0.175 e. The molecule has 1 aliphatic rings. The minimum absolute atomic E-state index is 0.144. The number of benzene rings is 2. The lowest BCUT2D eigenvalue weighted by molar-refractivity contribution is 0.559. The molecule has 1 N–H and O–H groups in total. The van der Waals surface area contributed by atoms with Crippen LogP contribution in [0.3, 0.4) is 0 Å². The van der Waals surface area contributed by atoms with Gasteiger partial charge in [-0.3, -0.25) is 4.98 Å². The first kappa shape index (κ1) is 23.4. The third-order valence-electron chi connectivity index (χ3n) is 6.62. The van der Waals surface area contributed by atoms with Crippen LogP contribution in [0.2, 0.25) is 0 Å². The fourth-order valence-corrected chi connectivity index (χ4v) is 5.51. The zero-order valence-corrected chi connectivity index (χ0v) is 20.6. The van der Waals surface area contributed by atoms with E-state index in [0.29, 0.717) is 48.7 Å². The van der Waals surface area contributed by atoms with Gasteiger partial charge in [0.1, 0.15) is 11.6 Å². The van der Waals surface area contributed by atoms with Crippen LogP contribution in [0.1, 0.15) is 5.69 Å². The van der Waals surface area contributed by atoms with E-state index in [1.807, 2.05) is 29.5 Å². The molecule has 0 amide bonds. The van der Waals surface area contributed by atoms with Gasteiger partial charge in [0, 0.05) is 74.0 Å². The lowest BCUT2D eigenvalue weighted by atomic mass is 9.96. The van der Waals surface area contributed by atoms with Crippen molar-refractivity contribution in [3.05, 3.63) is 66.0 Å². The predicted octanol–water partition coefficient (Wildman–Crippen LogP) is 4.31. The summed E-state index contributed by atoms with van der Waals surface area (Å²) in [6.07, 6.45) is 2.83. The minimum atomic E-state index is -3.37. The Balaban J connectivity index is 1.76. The van der Waals surface area contributed by atoms with Crippen LogP contribution in [0.5, 0.6) is 0 Å². The van der Waals surface area contributed by atoms with Crippen LogP contribution < -0.4 is 10.2 Å². The van der Waals surface area contributed by atoms with Crippen LogP contribution in [-0.4, -0.2) is 50.4 Å². The standard InChI is InChI=1S/C26H26F2N4O2S/c1-16-24-22(8-9-30-16)31(2)26(17-4-6-18(7-5-17)35(3,33)34)25(24)19-14-21(28)23(15-20(19)27)32-12-10-29-11-13-32/h4-9,14-15,29H,10-13H2,1-3H3. The van der Waals surface area contributed by atoms with E-state index in [-0.39, 0.29) is 16.1 Å². The maximum atomic E-state index is 15.7. The van der Waals surface area contributed by atoms with E-state index in [4.69, 9.17) is 0 Å². The molecule has 0 unspecified atom stereocenters. The number of piperazine rings is 1. The number of anilines is 1. The Labute approximate surface area is 203 Å². The Bertz CT molecular complexity index is 1540. The van der Waals surface area contributed by atoms with Gasteiger partial charge >= 0.3 is 0 Å². The number of halogens is 2. The van der Waals surface area contributed by atoms with E-state index in [1.165, 1.54) is 24.3 Å². The van der Waals surface area contributed by atoms with Gasteiger partial charge in [-0.05, 0) is 36.8 Å². The molecule has 3 heterocycles. The van der Waals surface area contributed by atoms with Crippen molar-refractivity contribution < 1.29 is 17.2 Å². The monoisotopic (exact) mass is 496 g/mol. The van der Waals surface area contributed by atoms with Crippen LogP contribution in [0, 0.1) is 18.6 Å². The summed E-state index contributed by atoms with van der Waals surface area (Å²) in [5.41, 5.74) is 3.79. The molecule has 1 aliphatic heterocycles. The highest BCUT2D eigenvalue weighted by Crippen LogP contribution is 2.43. The van der Waals surface area contributed by atoms with Crippen molar-refractivity contribution in [3.63, 3.8) is 0 Å². The summed E-state index contributed by atoms with van der Waals surface area (Å²) in [4.78, 5) is 6.45. The van der Waals surface area contributed by atoms with E-state index in [2.05, 4.69) is 10.3 Å². The second-order valence-corrected chi connectivity index (χ2v) is 10.9. The van der Waals surface area contributed by atoms with E-state index >= 15 is 8.78 Å². The number of pyridine rings is 1. The molecule has 1 fully saturated rings. The van der Waals surface area contributed by atoms with Crippen LogP contribution in [-0.2, 0) is 16.9 Å². The van der Waals surface area contributed by atoms with Crippen molar-refractivity contribution in [3.8, 4) is 22.4 Å². The van der Waals surface area contributed by atoms with Crippen molar-refractivity contribution in [2.75, 3.05) is 37.3 Å². The van der Waals surface area contributed by atoms with Crippen molar-refractivity contribution in [2.24, 2.45) is 7.05 Å². The quantitative estimate of drug-likeness (QED) is 0.456. The first-order valence-electron chi connectivity index (χ1n) is 11.4. The molecule has 0 radical (unpaired) electrons. The molecule has 0 atom stereocenters. The lowest BCUT2D eigenvalue weighted by Crippen LogP contribution is -2.43. The molecule has 0 spiro atoms. The highest BCUT2D eigenvalue weighted by atomic mass is 32.2. The predicted molar refractivity (Wildman–Crippen MR) is 134 cm³/mol. The third kappa shape index (κ3) is 4.08. The Morgan fingerprint density at radius 2 is 1.69 bits per heavy atom. The zero-order chi connectivity index (χ0) is 24.9. The average Bonchev–Trinajstić information content (AvgIpc) is 3.14. The van der Waals surface area contributed by atoms with E-state index in [0.717, 1.165) is 17.2 Å². The fraction of sp³-hybridized carbons (Fsp3) is 0.269. The summed E-state index contributed by atoms with van der Waals surface area (Å²) in [7, 11) is -1.51. The number of hydrogen-bond donors (Lipinski definition) is 1. The van der Waals surface area contributed by atoms with Gasteiger partial charge in [0.25, 0.3) is 0 Å². The highest BCUT2D eigenvalue weighted by Gasteiger charge is 2.25. The van der Waals surface area contributed by atoms with Gasteiger partial charge in [-0.15, -0.1) is 0 Å². The second kappa shape index (κ2) is 8.73. The number of sulfone groups is 1. The molecule has 2 aromatic heterocycles. The molecule has 9 heteroatoms. The lowest BCUT2D eigenvalue weighted by Gasteiger charge is -2.30. The Hall–Kier alpha value is -3.30. The van der Waals surface area contributed by atoms with E-state index in [9.17, 15) is 8.42 Å². The largest absolute Gasteiger partial charge is 0.367 e. The van der Waals surface area contributed by atoms with Gasteiger partial charge in [0.2, 0.25) is 0 Å². The molecule has 1 saturated heterocycles. The van der Waals surface area contributed by atoms with Crippen molar-refractivity contribution in [2.45, 2.75) is 11.8 Å². The second-order valence-electron chi connectivity index (χ2n) is 8.89. The van der Waals surface area contributed by atoms with Crippen molar-refractivity contribution >= 4 is 26.4 Å². The Morgan fingerprint density at radius 1 is 1.00 bits per heavy atom. The molecular weight excluding hydrogens is 470 g/mol. The molecule has 0 saturated carbocycles. The molecule has 4 aromatic rings. The van der Waals surface area contributed by atoms with Crippen molar-refractivity contribution in [1.82, 2.24) is 14.9 Å². The number of rotatable bonds is 4. The number of nitrogens with zero attached hydrogens (tertiary/aromatic N) is 3. The van der Waals surface area contributed by atoms with E-state index in [1.54, 1.807) is 18.3 Å². The first-order valence-corrected chi connectivity index (χ1v) is 13.3. The third-order valence-corrected chi connectivity index (χ3v) is 7.75. The van der Waals surface area contributed by atoms with Gasteiger partial charge in [-0.2, -0.15) is 0 Å². The van der Waals surface area contributed by atoms with Gasteiger partial charge in [0.05, 0.1) is 21.8 Å². The van der Waals surface area contributed by atoms with Crippen LogP contribution in [0.4, 0.5) is 14.5 Å². The summed E-state index contributed by atoms with van der Waals surface area (Å²) in [6.45, 7) is 4.47. The number of fused-ring (bicyclic) bond motifs is 1. The minimum Gasteiger partial charge on any atom is -0.367 e. The first-order chi connectivity index (χ1) is 16.7. The molecule has 0 aliphatic carbocycles. The SMILES string of the molecule is Cc1nccc2c1c(-c1cc(F)c(N3CCNCC3)cc1F)c(-c1ccc(S(C)(=O)=O)cc1)n2C. The van der Waals surface area contributed by atoms with Gasteiger partial charge in [0.15, 0.2) is 9.84 Å². The normalized spacial score (nSPS) is 14.6. The highest BCUT2D eigenvalue weighted by molar-refractivity contribution is 7.90. The summed E-state index contributed by atoms with van der Waals surface area (Å²) in [6, 6.07) is 10.8. The Kier molecular flexibility index (Phi) is 5.85. The molecule has 0 bridgehead atoms. The van der Waals surface area contributed by atoms with Crippen molar-refractivity contribution in [1.29, 1.82) is 0 Å². The van der Waals surface area contributed by atoms with Gasteiger partial charge in [-0.1, -0.05) is 12.1 Å². The van der Waals surface area contributed by atoms with Crippen LogP contribution in [0.25, 0.3) is 33.3 Å². The molecule has 35 heavy (non-hydrogen) atoms. The summed E-state index contributed by atoms with van der Waals surface area (Å²) in [5.74, 6) is -1.01. The molecule has 182 valence electrons. The number of nitrogens with one attached hydrogen (secondary N) is 1. The topological polar surface area (TPSA) is 67.2 Å². The molecule has 2 aromatic carbocycles. The number of aromatic nitrogens is 2. The van der Waals surface area contributed by atoms with Gasteiger partial charge < -0.3 is 14.8 Å². The fourth-order valence-electron chi connectivity index (χ4n) is 4.88. The smallest absolute Gasteiger partial charge is 0.175 e. The Morgan fingerprint density at radius 3 is 2.34 bits per heavy atom. The van der Waals surface area contributed by atoms with Crippen LogP contribution in [0.15, 0.2) is 53.6 Å². The molecular formula is C26H26F2N4O2S.